The number of benzene rings is 1. The molecule has 3 aromatic rings. The Morgan fingerprint density at radius 3 is 2.77 bits per heavy atom. The van der Waals surface area contributed by atoms with Gasteiger partial charge < -0.3 is 24.5 Å². The van der Waals surface area contributed by atoms with Crippen LogP contribution in [0, 0.1) is 5.92 Å². The maximum atomic E-state index is 13.1. The van der Waals surface area contributed by atoms with Crippen LogP contribution in [0.5, 0.6) is 5.75 Å². The molecule has 1 aromatic carbocycles. The van der Waals surface area contributed by atoms with Crippen LogP contribution in [0.2, 0.25) is 0 Å². The van der Waals surface area contributed by atoms with E-state index in [1.54, 1.807) is 0 Å². The van der Waals surface area contributed by atoms with Crippen molar-refractivity contribution in [2.75, 3.05) is 31.7 Å². The zero-order valence-electron chi connectivity index (χ0n) is 15.8. The molecule has 2 aliphatic rings. The van der Waals surface area contributed by atoms with Crippen LogP contribution >= 0.6 is 0 Å². The second-order valence-electron chi connectivity index (χ2n) is 7.41. The van der Waals surface area contributed by atoms with Crippen molar-refractivity contribution in [2.24, 2.45) is 5.92 Å². The van der Waals surface area contributed by atoms with Crippen molar-refractivity contribution in [3.63, 3.8) is 0 Å². The number of para-hydroxylation sites is 1. The van der Waals surface area contributed by atoms with Crippen molar-refractivity contribution >= 4 is 16.9 Å². The SMILES string of the molecule is FC(F)(F)c1cc2c(NC3c4ccccc4OCC3OCC3COC3)ncnc2[nH]1. The van der Waals surface area contributed by atoms with Crippen LogP contribution in [0.1, 0.15) is 17.3 Å². The molecule has 0 amide bonds. The summed E-state index contributed by atoms with van der Waals surface area (Å²) in [6.07, 6.45) is -3.61. The van der Waals surface area contributed by atoms with Crippen molar-refractivity contribution < 1.29 is 27.4 Å². The van der Waals surface area contributed by atoms with Crippen LogP contribution in [0.4, 0.5) is 19.0 Å². The Labute approximate surface area is 169 Å². The van der Waals surface area contributed by atoms with E-state index in [4.69, 9.17) is 14.2 Å². The number of hydrogen-bond donors (Lipinski definition) is 2. The maximum absolute atomic E-state index is 13.1. The highest BCUT2D eigenvalue weighted by atomic mass is 19.4. The van der Waals surface area contributed by atoms with Crippen LogP contribution < -0.4 is 10.1 Å². The topological polar surface area (TPSA) is 81.3 Å². The number of alkyl halides is 3. The van der Waals surface area contributed by atoms with E-state index >= 15 is 0 Å². The number of aromatic amines is 1. The lowest BCUT2D eigenvalue weighted by Gasteiger charge is -2.36. The van der Waals surface area contributed by atoms with Crippen molar-refractivity contribution in [3.8, 4) is 5.75 Å². The van der Waals surface area contributed by atoms with E-state index < -0.39 is 11.9 Å². The summed E-state index contributed by atoms with van der Waals surface area (Å²) in [5, 5.41) is 3.54. The normalized spacial score (nSPS) is 21.7. The van der Waals surface area contributed by atoms with Crippen LogP contribution in [0.3, 0.4) is 0 Å². The molecule has 30 heavy (non-hydrogen) atoms. The van der Waals surface area contributed by atoms with E-state index in [2.05, 4.69) is 20.3 Å². The summed E-state index contributed by atoms with van der Waals surface area (Å²) >= 11 is 0. The second kappa shape index (κ2) is 7.44. The van der Waals surface area contributed by atoms with Crippen molar-refractivity contribution in [1.29, 1.82) is 0 Å². The van der Waals surface area contributed by atoms with Gasteiger partial charge in [-0.1, -0.05) is 18.2 Å². The lowest BCUT2D eigenvalue weighted by Crippen LogP contribution is -2.41. The predicted octanol–water partition coefficient (Wildman–Crippen LogP) is 3.55. The highest BCUT2D eigenvalue weighted by Gasteiger charge is 2.35. The van der Waals surface area contributed by atoms with Crippen LogP contribution in [-0.2, 0) is 15.7 Å². The van der Waals surface area contributed by atoms with Gasteiger partial charge in [-0.05, 0) is 12.1 Å². The molecular weight excluding hydrogens is 401 g/mol. The Kier molecular flexibility index (Phi) is 4.75. The van der Waals surface area contributed by atoms with Crippen molar-refractivity contribution in [2.45, 2.75) is 18.3 Å². The van der Waals surface area contributed by atoms with Gasteiger partial charge in [0, 0.05) is 11.5 Å². The Morgan fingerprint density at radius 2 is 2.00 bits per heavy atom. The van der Waals surface area contributed by atoms with Gasteiger partial charge >= 0.3 is 6.18 Å². The van der Waals surface area contributed by atoms with E-state index in [9.17, 15) is 13.2 Å². The summed E-state index contributed by atoms with van der Waals surface area (Å²) in [6, 6.07) is 8.18. The molecule has 0 saturated carbocycles. The van der Waals surface area contributed by atoms with Crippen molar-refractivity contribution in [1.82, 2.24) is 15.0 Å². The van der Waals surface area contributed by atoms with Crippen LogP contribution in [-0.4, -0.2) is 47.5 Å². The molecule has 7 nitrogen and oxygen atoms in total. The maximum Gasteiger partial charge on any atom is 0.431 e. The molecule has 158 valence electrons. The molecule has 1 fully saturated rings. The number of nitrogens with one attached hydrogen (secondary N) is 2. The number of H-pyrrole nitrogens is 1. The van der Waals surface area contributed by atoms with Gasteiger partial charge in [-0.3, -0.25) is 0 Å². The number of aromatic nitrogens is 3. The van der Waals surface area contributed by atoms with Crippen molar-refractivity contribution in [3.05, 3.63) is 47.9 Å². The van der Waals surface area contributed by atoms with E-state index in [1.807, 2.05) is 24.3 Å². The molecule has 2 N–H and O–H groups in total. The Bertz CT molecular complexity index is 1050. The van der Waals surface area contributed by atoms with E-state index in [1.165, 1.54) is 6.33 Å². The van der Waals surface area contributed by atoms with Crippen LogP contribution in [0.25, 0.3) is 11.0 Å². The first-order chi connectivity index (χ1) is 14.5. The highest BCUT2D eigenvalue weighted by molar-refractivity contribution is 5.88. The van der Waals surface area contributed by atoms with Gasteiger partial charge in [0.25, 0.3) is 0 Å². The largest absolute Gasteiger partial charge is 0.490 e. The molecule has 1 saturated heterocycles. The van der Waals surface area contributed by atoms with E-state index in [0.29, 0.717) is 43.9 Å². The first-order valence-corrected chi connectivity index (χ1v) is 9.57. The lowest BCUT2D eigenvalue weighted by atomic mass is 9.97. The number of nitrogens with zero attached hydrogens (tertiary/aromatic N) is 2. The minimum Gasteiger partial charge on any atom is -0.490 e. The zero-order chi connectivity index (χ0) is 20.7. The second-order valence-corrected chi connectivity index (χ2v) is 7.41. The quantitative estimate of drug-likeness (QED) is 0.657. The number of halogens is 3. The fourth-order valence-corrected chi connectivity index (χ4v) is 3.65. The molecule has 0 spiro atoms. The summed E-state index contributed by atoms with van der Waals surface area (Å²) in [5.41, 5.74) is 0.104. The fraction of sp³-hybridized carbons (Fsp3) is 0.400. The number of hydrogen-bond acceptors (Lipinski definition) is 6. The average molecular weight is 420 g/mol. The van der Waals surface area contributed by atoms with Gasteiger partial charge in [0.2, 0.25) is 0 Å². The first-order valence-electron chi connectivity index (χ1n) is 9.57. The molecule has 10 heteroatoms. The van der Waals surface area contributed by atoms with Gasteiger partial charge in [0.15, 0.2) is 0 Å². The minimum atomic E-state index is -4.50. The monoisotopic (exact) mass is 420 g/mol. The molecule has 2 atom stereocenters. The summed E-state index contributed by atoms with van der Waals surface area (Å²) in [6.45, 7) is 2.17. The average Bonchev–Trinajstić information content (AvgIpc) is 3.14. The number of fused-ring (bicyclic) bond motifs is 2. The number of anilines is 1. The molecule has 2 unspecified atom stereocenters. The lowest BCUT2D eigenvalue weighted by molar-refractivity contribution is -0.140. The van der Waals surface area contributed by atoms with E-state index in [0.717, 1.165) is 11.6 Å². The third kappa shape index (κ3) is 3.56. The Balaban J connectivity index is 1.47. The standard InChI is InChI=1S/C20H19F3N4O3/c21-20(22,23)16-5-13-18(26-16)24-10-25-19(13)27-17-12-3-1-2-4-14(12)30-9-15(17)29-8-11-6-28-7-11/h1-5,10-11,15,17H,6-9H2,(H2,24,25,26,27). The molecule has 2 aromatic heterocycles. The first kappa shape index (κ1) is 19.1. The Morgan fingerprint density at radius 1 is 1.17 bits per heavy atom. The summed E-state index contributed by atoms with van der Waals surface area (Å²) in [5.74, 6) is 1.35. The molecule has 5 rings (SSSR count). The minimum absolute atomic E-state index is 0.115. The third-order valence-corrected chi connectivity index (χ3v) is 5.31. The summed E-state index contributed by atoms with van der Waals surface area (Å²) in [7, 11) is 0. The summed E-state index contributed by atoms with van der Waals surface area (Å²) in [4.78, 5) is 10.4. The smallest absolute Gasteiger partial charge is 0.431 e. The van der Waals surface area contributed by atoms with Gasteiger partial charge in [-0.15, -0.1) is 0 Å². The predicted molar refractivity (Wildman–Crippen MR) is 101 cm³/mol. The van der Waals surface area contributed by atoms with E-state index in [-0.39, 0.29) is 23.2 Å². The highest BCUT2D eigenvalue weighted by Crippen LogP contribution is 2.38. The molecule has 4 heterocycles. The van der Waals surface area contributed by atoms with Gasteiger partial charge in [0.05, 0.1) is 31.2 Å². The third-order valence-electron chi connectivity index (χ3n) is 5.31. The molecular formula is C20H19F3N4O3. The van der Waals surface area contributed by atoms with Gasteiger partial charge in [-0.2, -0.15) is 13.2 Å². The molecule has 0 radical (unpaired) electrons. The summed E-state index contributed by atoms with van der Waals surface area (Å²) < 4.78 is 56.6. The van der Waals surface area contributed by atoms with Gasteiger partial charge in [0.1, 0.15) is 41.9 Å². The molecule has 0 aliphatic carbocycles. The number of rotatable bonds is 5. The number of ether oxygens (including phenoxy) is 3. The van der Waals surface area contributed by atoms with Gasteiger partial charge in [-0.25, -0.2) is 9.97 Å². The Hall–Kier alpha value is -2.85. The molecule has 2 aliphatic heterocycles. The van der Waals surface area contributed by atoms with Crippen LogP contribution in [0.15, 0.2) is 36.7 Å². The zero-order valence-corrected chi connectivity index (χ0v) is 15.8. The molecule has 0 bridgehead atoms. The fourth-order valence-electron chi connectivity index (χ4n) is 3.65.